The Hall–Kier alpha value is -3.44. The lowest BCUT2D eigenvalue weighted by molar-refractivity contribution is -0.348. The van der Waals surface area contributed by atoms with Crippen molar-refractivity contribution in [2.24, 2.45) is 0 Å². The molecule has 0 saturated carbocycles. The van der Waals surface area contributed by atoms with E-state index in [0.717, 1.165) is 58.3 Å². The predicted molar refractivity (Wildman–Crippen MR) is 137 cm³/mol. The number of aryl methyl sites for hydroxylation is 1. The number of benzene rings is 3. The molecule has 42 heavy (non-hydrogen) atoms. The molecule has 0 radical (unpaired) electrons. The lowest BCUT2D eigenvalue weighted by atomic mass is 9.92. The first-order valence-electron chi connectivity index (χ1n) is 11.3. The zero-order valence-corrected chi connectivity index (χ0v) is 23.2. The molecule has 3 aromatic rings. The van der Waals surface area contributed by atoms with Gasteiger partial charge in [-0.2, -0.15) is 39.5 Å². The molecule has 0 atom stereocenters. The quantitative estimate of drug-likeness (QED) is 0.212. The summed E-state index contributed by atoms with van der Waals surface area (Å²) in [5, 5.41) is 1.64. The Morgan fingerprint density at radius 3 is 1.88 bits per heavy atom. The highest BCUT2D eigenvalue weighted by molar-refractivity contribution is 14.1. The molecule has 0 fully saturated rings. The molecule has 0 bridgehead atoms. The van der Waals surface area contributed by atoms with Crippen molar-refractivity contribution in [2.45, 2.75) is 31.1 Å². The maximum Gasteiger partial charge on any atom is 0.435 e. The Labute approximate surface area is 243 Å². The molecule has 0 aromatic heterocycles. The van der Waals surface area contributed by atoms with Crippen molar-refractivity contribution < 1.29 is 57.9 Å². The highest BCUT2D eigenvalue weighted by Gasteiger charge is 2.73. The fourth-order valence-corrected chi connectivity index (χ4v) is 4.54. The number of amides is 2. The van der Waals surface area contributed by atoms with Crippen molar-refractivity contribution in [1.29, 1.82) is 0 Å². The number of rotatable bonds is 5. The second kappa shape index (κ2) is 11.3. The van der Waals surface area contributed by atoms with Crippen LogP contribution in [-0.2, 0) is 11.8 Å². The first kappa shape index (κ1) is 33.1. The van der Waals surface area contributed by atoms with Gasteiger partial charge in [0, 0.05) is 21.7 Å². The maximum atomic E-state index is 15.4. The average molecular weight is 724 g/mol. The number of carbonyl (C=O) groups excluding carboxylic acids is 2. The van der Waals surface area contributed by atoms with E-state index < -0.39 is 79.5 Å². The van der Waals surface area contributed by atoms with Crippen LogP contribution in [0.3, 0.4) is 0 Å². The van der Waals surface area contributed by atoms with Crippen LogP contribution in [0.15, 0.2) is 54.6 Å². The second-order valence-electron chi connectivity index (χ2n) is 8.86. The molecule has 226 valence electrons. The van der Waals surface area contributed by atoms with Crippen LogP contribution >= 0.6 is 22.6 Å². The summed E-state index contributed by atoms with van der Waals surface area (Å²) in [5.41, 5.74) is -12.7. The molecule has 1 N–H and O–H groups in total. The third-order valence-corrected chi connectivity index (χ3v) is 6.85. The van der Waals surface area contributed by atoms with E-state index in [0.29, 0.717) is 0 Å². The topological polar surface area (TPSA) is 49.4 Å². The van der Waals surface area contributed by atoms with Crippen LogP contribution in [0.25, 0.3) is 0 Å². The fraction of sp³-hybridized carbons (Fsp3) is 0.231. The zero-order chi connectivity index (χ0) is 32.0. The monoisotopic (exact) mass is 724 g/mol. The number of hydrogen-bond donors (Lipinski definition) is 1. The van der Waals surface area contributed by atoms with Crippen molar-refractivity contribution in [3.05, 3.63) is 91.8 Å². The first-order valence-corrected chi connectivity index (χ1v) is 12.4. The van der Waals surface area contributed by atoms with Gasteiger partial charge in [-0.3, -0.25) is 9.59 Å². The number of alkyl halides is 10. The van der Waals surface area contributed by atoms with Gasteiger partial charge in [0.25, 0.3) is 11.8 Å². The molecule has 16 heteroatoms. The largest absolute Gasteiger partial charge is 0.435 e. The zero-order valence-electron chi connectivity index (χ0n) is 21.0. The minimum absolute atomic E-state index is 0.128. The van der Waals surface area contributed by atoms with E-state index in [9.17, 15) is 53.5 Å². The standard InChI is InChI=1S/C26H16F11IN2O2/c1-12-6-8-13(9-7-12)22(42)40(2)18-5-3-4-15(19(18)27)21(41)39-20-16(24(29,30)31)10-14(11-17(20)38)23(28,25(32,33)34)26(35,36)37/h3-11H,1-2H3,(H,39,41). The molecule has 0 saturated heterocycles. The van der Waals surface area contributed by atoms with Gasteiger partial charge in [-0.15, -0.1) is 0 Å². The molecule has 0 aliphatic rings. The minimum atomic E-state index is -6.70. The minimum Gasteiger partial charge on any atom is -0.320 e. The number of halogens is 12. The van der Waals surface area contributed by atoms with E-state index in [2.05, 4.69) is 0 Å². The van der Waals surface area contributed by atoms with Crippen LogP contribution in [0.5, 0.6) is 0 Å². The van der Waals surface area contributed by atoms with Gasteiger partial charge in [0.05, 0.1) is 22.5 Å². The summed E-state index contributed by atoms with van der Waals surface area (Å²) in [7, 11) is 1.15. The van der Waals surface area contributed by atoms with E-state index in [1.807, 2.05) is 0 Å². The Morgan fingerprint density at radius 2 is 1.38 bits per heavy atom. The normalized spacial score (nSPS) is 12.7. The molecule has 2 amide bonds. The molecule has 3 rings (SSSR count). The molecule has 0 aliphatic heterocycles. The van der Waals surface area contributed by atoms with Crippen LogP contribution < -0.4 is 10.2 Å². The molecule has 0 heterocycles. The summed E-state index contributed by atoms with van der Waals surface area (Å²) in [5.74, 6) is -3.70. The van der Waals surface area contributed by atoms with Gasteiger partial charge in [-0.25, -0.2) is 8.78 Å². The van der Waals surface area contributed by atoms with E-state index in [-0.39, 0.29) is 11.6 Å². The molecule has 0 unspecified atom stereocenters. The summed E-state index contributed by atoms with van der Waals surface area (Å²) in [6.45, 7) is 1.75. The van der Waals surface area contributed by atoms with Crippen molar-refractivity contribution in [3.63, 3.8) is 0 Å². The van der Waals surface area contributed by atoms with Crippen LogP contribution in [0.2, 0.25) is 0 Å². The molecule has 3 aromatic carbocycles. The maximum absolute atomic E-state index is 15.4. The SMILES string of the molecule is Cc1ccc(C(=O)N(C)c2cccc(C(=O)Nc3c(I)cc(C(F)(C(F)(F)F)C(F)(F)F)cc3C(F)(F)F)c2F)cc1. The summed E-state index contributed by atoms with van der Waals surface area (Å²) >= 11 is 0.881. The number of nitrogens with zero attached hydrogens (tertiary/aromatic N) is 1. The Kier molecular flexibility index (Phi) is 8.92. The Morgan fingerprint density at radius 1 is 0.833 bits per heavy atom. The van der Waals surface area contributed by atoms with Gasteiger partial charge in [0.15, 0.2) is 5.82 Å². The molecule has 0 aliphatic carbocycles. The van der Waals surface area contributed by atoms with E-state index in [1.165, 1.54) is 12.1 Å². The van der Waals surface area contributed by atoms with Crippen molar-refractivity contribution in [3.8, 4) is 0 Å². The van der Waals surface area contributed by atoms with Crippen molar-refractivity contribution in [1.82, 2.24) is 0 Å². The van der Waals surface area contributed by atoms with Gasteiger partial charge in [0.2, 0.25) is 0 Å². The highest BCUT2D eigenvalue weighted by atomic mass is 127. The molecular weight excluding hydrogens is 708 g/mol. The Balaban J connectivity index is 2.07. The van der Waals surface area contributed by atoms with Crippen molar-refractivity contribution >= 4 is 45.8 Å². The predicted octanol–water partition coefficient (Wildman–Crippen LogP) is 8.58. The van der Waals surface area contributed by atoms with E-state index in [4.69, 9.17) is 0 Å². The smallest absolute Gasteiger partial charge is 0.320 e. The molecule has 4 nitrogen and oxygen atoms in total. The lowest BCUT2D eigenvalue weighted by Crippen LogP contribution is -2.50. The Bertz CT molecular complexity index is 1500. The summed E-state index contributed by atoms with van der Waals surface area (Å²) in [4.78, 5) is 26.4. The second-order valence-corrected chi connectivity index (χ2v) is 10.0. The number of hydrogen-bond acceptors (Lipinski definition) is 2. The highest BCUT2D eigenvalue weighted by Crippen LogP contribution is 2.54. The summed E-state index contributed by atoms with van der Waals surface area (Å²) in [6.07, 6.45) is -19.1. The summed E-state index contributed by atoms with van der Waals surface area (Å²) < 4.78 is 149. The summed E-state index contributed by atoms with van der Waals surface area (Å²) in [6, 6.07) is 8.17. The lowest BCUT2D eigenvalue weighted by Gasteiger charge is -2.31. The number of carbonyl (C=O) groups is 2. The average Bonchev–Trinajstić information content (AvgIpc) is 2.86. The van der Waals surface area contributed by atoms with Gasteiger partial charge in [-0.1, -0.05) is 23.8 Å². The fourth-order valence-electron chi connectivity index (χ4n) is 3.78. The van der Waals surface area contributed by atoms with Gasteiger partial charge in [-0.05, 0) is 65.9 Å². The number of nitrogens with one attached hydrogen (secondary N) is 1. The van der Waals surface area contributed by atoms with Gasteiger partial charge in [0.1, 0.15) is 0 Å². The van der Waals surface area contributed by atoms with Crippen molar-refractivity contribution in [2.75, 3.05) is 17.3 Å². The molecule has 0 spiro atoms. The van der Waals surface area contributed by atoms with Crippen LogP contribution in [0.1, 0.15) is 37.4 Å². The van der Waals surface area contributed by atoms with Gasteiger partial charge >= 0.3 is 24.2 Å². The van der Waals surface area contributed by atoms with Gasteiger partial charge < -0.3 is 10.2 Å². The van der Waals surface area contributed by atoms with E-state index >= 15 is 4.39 Å². The number of anilines is 2. The van der Waals surface area contributed by atoms with Crippen LogP contribution in [0.4, 0.5) is 59.7 Å². The third kappa shape index (κ3) is 6.17. The first-order chi connectivity index (χ1) is 19.1. The van der Waals surface area contributed by atoms with Crippen LogP contribution in [-0.4, -0.2) is 31.2 Å². The van der Waals surface area contributed by atoms with E-state index in [1.54, 1.807) is 24.4 Å². The third-order valence-electron chi connectivity index (χ3n) is 6.00. The molecular formula is C26H16F11IN2O2. The van der Waals surface area contributed by atoms with Crippen LogP contribution in [0, 0.1) is 16.3 Å².